The molecule has 0 saturated carbocycles. The topological polar surface area (TPSA) is 83.3 Å². The third-order valence-electron chi connectivity index (χ3n) is 6.70. The summed E-state index contributed by atoms with van der Waals surface area (Å²) < 4.78 is 10.6. The van der Waals surface area contributed by atoms with Crippen LogP contribution in [0.5, 0.6) is 23.0 Å². The van der Waals surface area contributed by atoms with Gasteiger partial charge < -0.3 is 25.0 Å². The summed E-state index contributed by atoms with van der Waals surface area (Å²) in [6, 6.07) is 30.3. The van der Waals surface area contributed by atoms with Crippen LogP contribution < -0.4 is 14.8 Å². The Morgan fingerprint density at radius 2 is 1.46 bits per heavy atom. The third-order valence-corrected chi connectivity index (χ3v) is 6.70. The van der Waals surface area contributed by atoms with Gasteiger partial charge in [0.2, 0.25) is 0 Å². The molecule has 0 aliphatic heterocycles. The zero-order valence-corrected chi connectivity index (χ0v) is 22.3. The normalized spacial score (nSPS) is 12.9. The number of phenolic OH excluding ortho intramolecular Hbond substituents is 2. The highest BCUT2D eigenvalue weighted by Crippen LogP contribution is 2.40. The molecule has 39 heavy (non-hydrogen) atoms. The Morgan fingerprint density at radius 3 is 2.05 bits per heavy atom. The van der Waals surface area contributed by atoms with Crippen LogP contribution in [0.3, 0.4) is 0 Å². The van der Waals surface area contributed by atoms with E-state index in [2.05, 4.69) is 11.9 Å². The maximum Gasteiger partial charge on any atom is 0.128 e. The van der Waals surface area contributed by atoms with Crippen molar-refractivity contribution in [2.24, 2.45) is 4.99 Å². The minimum absolute atomic E-state index is 0.0957. The zero-order valence-electron chi connectivity index (χ0n) is 22.3. The maximum atomic E-state index is 11.0. The Bertz CT molecular complexity index is 1420. The molecule has 0 aromatic heterocycles. The second-order valence-corrected chi connectivity index (χ2v) is 9.05. The van der Waals surface area contributed by atoms with E-state index in [-0.39, 0.29) is 11.5 Å². The van der Waals surface area contributed by atoms with Gasteiger partial charge in [-0.15, -0.1) is 6.58 Å². The summed E-state index contributed by atoms with van der Waals surface area (Å²) in [5.74, 6) is 1.37. The van der Waals surface area contributed by atoms with Crippen LogP contribution in [0.2, 0.25) is 0 Å². The smallest absolute Gasteiger partial charge is 0.128 e. The van der Waals surface area contributed by atoms with E-state index in [1.165, 1.54) is 0 Å². The van der Waals surface area contributed by atoms with Gasteiger partial charge in [0.25, 0.3) is 0 Å². The first-order chi connectivity index (χ1) is 19.0. The number of nitrogens with zero attached hydrogens (tertiary/aromatic N) is 1. The number of phenols is 2. The highest BCUT2D eigenvalue weighted by atomic mass is 16.5. The molecule has 4 aromatic rings. The Morgan fingerprint density at radius 1 is 0.846 bits per heavy atom. The standard InChI is InChI=1S/C33H34N2O4/c1-4-19-33(25-13-9-6-10-14-25,29-18-16-27(39-3)23-31(29)37)35-21-20-34-32(24-11-7-5-8-12-24)28-17-15-26(38-2)22-30(28)36/h4-18,22-23,35-37H,1,19-21H2,2-3H3. The zero-order chi connectivity index (χ0) is 27.7. The first kappa shape index (κ1) is 27.5. The van der Waals surface area contributed by atoms with Gasteiger partial charge in [0.1, 0.15) is 23.0 Å². The van der Waals surface area contributed by atoms with Crippen molar-refractivity contribution in [3.63, 3.8) is 0 Å². The molecule has 200 valence electrons. The monoisotopic (exact) mass is 522 g/mol. The summed E-state index contributed by atoms with van der Waals surface area (Å²) in [6.45, 7) is 4.91. The number of rotatable bonds is 12. The molecule has 3 N–H and O–H groups in total. The average molecular weight is 523 g/mol. The number of benzene rings is 4. The number of hydrogen-bond acceptors (Lipinski definition) is 6. The van der Waals surface area contributed by atoms with Gasteiger partial charge in [-0.2, -0.15) is 0 Å². The van der Waals surface area contributed by atoms with Crippen molar-refractivity contribution in [1.82, 2.24) is 5.32 Å². The second kappa shape index (κ2) is 12.8. The lowest BCUT2D eigenvalue weighted by molar-refractivity contribution is 0.373. The number of hydrogen-bond donors (Lipinski definition) is 3. The van der Waals surface area contributed by atoms with E-state index in [1.807, 2.05) is 91.0 Å². The van der Waals surface area contributed by atoms with E-state index in [0.29, 0.717) is 42.3 Å². The molecule has 0 fully saturated rings. The summed E-state index contributed by atoms with van der Waals surface area (Å²) in [6.07, 6.45) is 2.38. The molecule has 1 unspecified atom stereocenters. The Balaban J connectivity index is 1.70. The predicted molar refractivity (Wildman–Crippen MR) is 156 cm³/mol. The average Bonchev–Trinajstić information content (AvgIpc) is 2.98. The van der Waals surface area contributed by atoms with Crippen molar-refractivity contribution < 1.29 is 19.7 Å². The van der Waals surface area contributed by atoms with Gasteiger partial charge in [0.15, 0.2) is 0 Å². The number of nitrogens with one attached hydrogen (secondary N) is 1. The summed E-state index contributed by atoms with van der Waals surface area (Å²) in [5.41, 5.74) is 3.16. The second-order valence-electron chi connectivity index (χ2n) is 9.05. The van der Waals surface area contributed by atoms with Crippen molar-refractivity contribution in [1.29, 1.82) is 0 Å². The quantitative estimate of drug-likeness (QED) is 0.120. The Hall–Kier alpha value is -4.55. The van der Waals surface area contributed by atoms with Crippen molar-refractivity contribution in [2.45, 2.75) is 12.0 Å². The van der Waals surface area contributed by atoms with Crippen molar-refractivity contribution in [2.75, 3.05) is 27.3 Å². The van der Waals surface area contributed by atoms with Crippen LogP contribution in [0.1, 0.15) is 28.7 Å². The lowest BCUT2D eigenvalue weighted by Crippen LogP contribution is -2.44. The van der Waals surface area contributed by atoms with Crippen LogP contribution in [0, 0.1) is 0 Å². The fourth-order valence-corrected chi connectivity index (χ4v) is 4.79. The predicted octanol–water partition coefficient (Wildman–Crippen LogP) is 6.06. The fourth-order valence-electron chi connectivity index (χ4n) is 4.79. The van der Waals surface area contributed by atoms with Crippen LogP contribution in [-0.4, -0.2) is 43.2 Å². The van der Waals surface area contributed by atoms with E-state index >= 15 is 0 Å². The van der Waals surface area contributed by atoms with E-state index in [0.717, 1.165) is 16.7 Å². The molecular weight excluding hydrogens is 488 g/mol. The third kappa shape index (κ3) is 6.13. The van der Waals surface area contributed by atoms with Gasteiger partial charge in [-0.1, -0.05) is 66.7 Å². The van der Waals surface area contributed by atoms with Gasteiger partial charge in [-0.05, 0) is 36.2 Å². The van der Waals surface area contributed by atoms with Crippen LogP contribution in [0.15, 0.2) is 115 Å². The largest absolute Gasteiger partial charge is 0.507 e. The van der Waals surface area contributed by atoms with Crippen molar-refractivity contribution >= 4 is 5.71 Å². The first-order valence-electron chi connectivity index (χ1n) is 12.8. The van der Waals surface area contributed by atoms with Crippen LogP contribution in [-0.2, 0) is 5.54 Å². The number of aromatic hydroxyl groups is 2. The van der Waals surface area contributed by atoms with Gasteiger partial charge in [-0.25, -0.2) is 0 Å². The van der Waals surface area contributed by atoms with Gasteiger partial charge in [-0.3, -0.25) is 4.99 Å². The highest BCUT2D eigenvalue weighted by molar-refractivity contribution is 6.14. The maximum absolute atomic E-state index is 11.0. The minimum atomic E-state index is -0.746. The van der Waals surface area contributed by atoms with Crippen LogP contribution in [0.25, 0.3) is 0 Å². The molecule has 4 aromatic carbocycles. The van der Waals surface area contributed by atoms with E-state index in [9.17, 15) is 10.2 Å². The minimum Gasteiger partial charge on any atom is -0.507 e. The number of ether oxygens (including phenoxy) is 2. The van der Waals surface area contributed by atoms with Crippen molar-refractivity contribution in [3.8, 4) is 23.0 Å². The Labute approximate surface area is 229 Å². The molecular formula is C33H34N2O4. The summed E-state index contributed by atoms with van der Waals surface area (Å²) in [4.78, 5) is 4.93. The van der Waals surface area contributed by atoms with Crippen molar-refractivity contribution in [3.05, 3.63) is 132 Å². The summed E-state index contributed by atoms with van der Waals surface area (Å²) >= 11 is 0. The Kier molecular flexibility index (Phi) is 9.02. The van der Waals surface area contributed by atoms with Gasteiger partial charge >= 0.3 is 0 Å². The fraction of sp³-hybridized carbons (Fsp3) is 0.182. The van der Waals surface area contributed by atoms with E-state index in [4.69, 9.17) is 14.5 Å². The van der Waals surface area contributed by atoms with Gasteiger partial charge in [0.05, 0.1) is 32.0 Å². The molecule has 0 amide bonds. The number of aliphatic imine (C=N–C) groups is 1. The molecule has 0 saturated heterocycles. The molecule has 0 bridgehead atoms. The SMILES string of the molecule is C=CCC(NCCN=C(c1ccccc1)c1ccc(OC)cc1O)(c1ccccc1)c1ccc(OC)cc1O. The molecule has 0 aliphatic carbocycles. The molecule has 0 spiro atoms. The van der Waals surface area contributed by atoms with E-state index in [1.54, 1.807) is 26.4 Å². The summed E-state index contributed by atoms with van der Waals surface area (Å²) in [7, 11) is 3.14. The lowest BCUT2D eigenvalue weighted by Gasteiger charge is -2.36. The first-order valence-corrected chi connectivity index (χ1v) is 12.8. The molecule has 6 nitrogen and oxygen atoms in total. The molecule has 0 aliphatic rings. The summed E-state index contributed by atoms with van der Waals surface area (Å²) in [5, 5.41) is 25.5. The molecule has 4 rings (SSSR count). The number of methoxy groups -OCH3 is 2. The van der Waals surface area contributed by atoms with E-state index < -0.39 is 5.54 Å². The lowest BCUT2D eigenvalue weighted by atomic mass is 9.79. The molecule has 1 atom stereocenters. The highest BCUT2D eigenvalue weighted by Gasteiger charge is 2.35. The molecule has 0 radical (unpaired) electrons. The van der Waals surface area contributed by atoms with Crippen LogP contribution in [0.4, 0.5) is 0 Å². The molecule has 6 heteroatoms. The molecule has 0 heterocycles. The van der Waals surface area contributed by atoms with Gasteiger partial charge in [0, 0.05) is 35.4 Å². The van der Waals surface area contributed by atoms with Crippen LogP contribution >= 0.6 is 0 Å².